The van der Waals surface area contributed by atoms with Crippen LogP contribution in [-0.4, -0.2) is 70.3 Å². The first-order valence-corrected chi connectivity index (χ1v) is 8.73. The number of carboxylic acid groups (broad SMARTS) is 1. The van der Waals surface area contributed by atoms with E-state index in [1.54, 1.807) is 13.3 Å². The lowest BCUT2D eigenvalue weighted by atomic mass is 9.79. The Bertz CT molecular complexity index is 536. The maximum Gasteiger partial charge on any atom is 0.329 e. The third-order valence-electron chi connectivity index (χ3n) is 5.49. The van der Waals surface area contributed by atoms with Gasteiger partial charge in [-0.05, 0) is 38.2 Å². The van der Waals surface area contributed by atoms with Crippen LogP contribution in [0.25, 0.3) is 0 Å². The summed E-state index contributed by atoms with van der Waals surface area (Å²) in [6.45, 7) is 2.73. The van der Waals surface area contributed by atoms with Gasteiger partial charge in [0.2, 0.25) is 0 Å². The summed E-state index contributed by atoms with van der Waals surface area (Å²) in [5.74, 6) is -0.902. The maximum atomic E-state index is 10.7. The van der Waals surface area contributed by atoms with E-state index >= 15 is 0 Å². The molecule has 2 aliphatic rings. The largest absolute Gasteiger partial charge is 0.480 e. The Morgan fingerprint density at radius 2 is 2.29 bits per heavy atom. The third-order valence-corrected chi connectivity index (χ3v) is 5.49. The lowest BCUT2D eigenvalue weighted by Gasteiger charge is -2.43. The molecule has 0 unspecified atom stereocenters. The van der Waals surface area contributed by atoms with Gasteiger partial charge in [-0.25, -0.2) is 4.79 Å². The molecule has 0 radical (unpaired) electrons. The Morgan fingerprint density at radius 1 is 1.42 bits per heavy atom. The van der Waals surface area contributed by atoms with Crippen molar-refractivity contribution in [3.63, 3.8) is 0 Å². The molecule has 7 nitrogen and oxygen atoms in total. The number of hydrogen-bond acceptors (Lipinski definition) is 5. The highest BCUT2D eigenvalue weighted by Crippen LogP contribution is 2.43. The summed E-state index contributed by atoms with van der Waals surface area (Å²) in [5, 5.41) is 13.1. The average Bonchev–Trinajstić information content (AvgIpc) is 3.21. The van der Waals surface area contributed by atoms with Gasteiger partial charge >= 0.3 is 5.97 Å². The molecule has 0 spiro atoms. The second-order valence-corrected chi connectivity index (χ2v) is 6.79. The van der Waals surface area contributed by atoms with Crippen LogP contribution < -0.4 is 0 Å². The van der Waals surface area contributed by atoms with Crippen LogP contribution in [0.4, 0.5) is 0 Å². The lowest BCUT2D eigenvalue weighted by Crippen LogP contribution is -2.52. The Labute approximate surface area is 142 Å². The fourth-order valence-corrected chi connectivity index (χ4v) is 4.23. The number of ether oxygens (including phenoxy) is 2. The highest BCUT2D eigenvalue weighted by molar-refractivity contribution is 5.68. The van der Waals surface area contributed by atoms with Crippen molar-refractivity contribution in [3.8, 4) is 0 Å². The maximum absolute atomic E-state index is 10.7. The van der Waals surface area contributed by atoms with E-state index < -0.39 is 5.97 Å². The number of methoxy groups -OCH3 is 1. The number of fused-ring (bicyclic) bond motifs is 1. The smallest absolute Gasteiger partial charge is 0.329 e. The number of hydrogen-bond donors (Lipinski definition) is 1. The second kappa shape index (κ2) is 7.63. The van der Waals surface area contributed by atoms with Gasteiger partial charge in [-0.2, -0.15) is 5.10 Å². The Balaban J connectivity index is 1.55. The van der Waals surface area contributed by atoms with Gasteiger partial charge in [-0.15, -0.1) is 0 Å². The second-order valence-electron chi connectivity index (χ2n) is 6.79. The quantitative estimate of drug-likeness (QED) is 0.772. The molecular formula is C17H27N3O4. The van der Waals surface area contributed by atoms with Gasteiger partial charge in [0.1, 0.15) is 6.61 Å². The van der Waals surface area contributed by atoms with E-state index in [1.807, 2.05) is 16.9 Å². The molecule has 134 valence electrons. The predicted molar refractivity (Wildman–Crippen MR) is 87.8 cm³/mol. The van der Waals surface area contributed by atoms with Crippen molar-refractivity contribution in [2.24, 2.45) is 0 Å². The minimum Gasteiger partial charge on any atom is -0.480 e. The molecule has 0 bridgehead atoms. The number of aryl methyl sites for hydroxylation is 1. The molecule has 3 rings (SSSR count). The zero-order valence-corrected chi connectivity index (χ0v) is 14.3. The van der Waals surface area contributed by atoms with Gasteiger partial charge in [0.25, 0.3) is 0 Å². The van der Waals surface area contributed by atoms with E-state index in [2.05, 4.69) is 10.00 Å². The van der Waals surface area contributed by atoms with Gasteiger partial charge in [0.05, 0.1) is 11.7 Å². The van der Waals surface area contributed by atoms with Crippen molar-refractivity contribution in [2.45, 2.75) is 56.4 Å². The molecule has 1 N–H and O–H groups in total. The van der Waals surface area contributed by atoms with Gasteiger partial charge in [-0.1, -0.05) is 0 Å². The van der Waals surface area contributed by atoms with Crippen molar-refractivity contribution in [1.29, 1.82) is 0 Å². The summed E-state index contributed by atoms with van der Waals surface area (Å²) in [5.41, 5.74) is -0.0885. The van der Waals surface area contributed by atoms with E-state index in [9.17, 15) is 4.79 Å². The van der Waals surface area contributed by atoms with Crippen molar-refractivity contribution >= 4 is 5.97 Å². The normalized spacial score (nSPS) is 30.4. The molecule has 3 atom stereocenters. The molecule has 0 aromatic carbocycles. The fourth-order valence-electron chi connectivity index (χ4n) is 4.23. The number of carbonyl (C=O) groups is 1. The Morgan fingerprint density at radius 3 is 3.00 bits per heavy atom. The van der Waals surface area contributed by atoms with Crippen LogP contribution in [0, 0.1) is 0 Å². The average molecular weight is 337 g/mol. The number of aliphatic carboxylic acids is 1. The molecule has 2 fully saturated rings. The molecule has 24 heavy (non-hydrogen) atoms. The molecule has 1 saturated heterocycles. The van der Waals surface area contributed by atoms with Crippen molar-refractivity contribution < 1.29 is 19.4 Å². The predicted octanol–water partition coefficient (Wildman–Crippen LogP) is 1.39. The minimum absolute atomic E-state index is 0.0149. The van der Waals surface area contributed by atoms with Crippen LogP contribution in [0.1, 0.15) is 32.1 Å². The highest BCUT2D eigenvalue weighted by atomic mass is 16.5. The lowest BCUT2D eigenvalue weighted by molar-refractivity contribution is -0.148. The van der Waals surface area contributed by atoms with E-state index in [4.69, 9.17) is 14.6 Å². The van der Waals surface area contributed by atoms with Crippen molar-refractivity contribution in [2.75, 3.05) is 26.8 Å². The summed E-state index contributed by atoms with van der Waals surface area (Å²) in [6.07, 6.45) is 8.55. The van der Waals surface area contributed by atoms with Gasteiger partial charge in [0.15, 0.2) is 0 Å². The zero-order valence-electron chi connectivity index (χ0n) is 14.3. The van der Waals surface area contributed by atoms with Crippen LogP contribution in [0.5, 0.6) is 0 Å². The summed E-state index contributed by atoms with van der Waals surface area (Å²) in [6, 6.07) is 2.25. The monoisotopic (exact) mass is 337 g/mol. The topological polar surface area (TPSA) is 76.8 Å². The number of rotatable bonds is 8. The summed E-state index contributed by atoms with van der Waals surface area (Å²) < 4.78 is 13.4. The number of likely N-dealkylation sites (tertiary alicyclic amines) is 1. The van der Waals surface area contributed by atoms with Crippen molar-refractivity contribution in [1.82, 2.24) is 14.7 Å². The molecule has 1 saturated carbocycles. The van der Waals surface area contributed by atoms with Gasteiger partial charge in [0, 0.05) is 45.2 Å². The molecular weight excluding hydrogens is 310 g/mol. The van der Waals surface area contributed by atoms with Crippen LogP contribution in [0.2, 0.25) is 0 Å². The van der Waals surface area contributed by atoms with E-state index in [1.165, 1.54) is 0 Å². The first-order chi connectivity index (χ1) is 11.6. The zero-order chi connectivity index (χ0) is 17.0. The van der Waals surface area contributed by atoms with Crippen LogP contribution in [0.3, 0.4) is 0 Å². The Kier molecular flexibility index (Phi) is 5.53. The SMILES string of the molecule is CO[C@]12CC[C@H](OCC(=O)O)C[C@H]1N(CCCn1cccn1)CC2. The minimum atomic E-state index is -0.902. The van der Waals surface area contributed by atoms with Crippen molar-refractivity contribution in [3.05, 3.63) is 18.5 Å². The molecule has 1 aliphatic carbocycles. The standard InChI is InChI=1S/C17H27N3O4/c1-23-17-5-4-14(24-13-16(21)22)12-15(17)19(11-6-17)8-3-10-20-9-2-7-18-20/h2,7,9,14-15H,3-6,8,10-13H2,1H3,(H,21,22)/t14-,15+,17-/m0/s1. The summed E-state index contributed by atoms with van der Waals surface area (Å²) in [4.78, 5) is 13.2. The highest BCUT2D eigenvalue weighted by Gasteiger charge is 2.50. The molecule has 1 aromatic rings. The first kappa shape index (κ1) is 17.4. The summed E-state index contributed by atoms with van der Waals surface area (Å²) in [7, 11) is 1.80. The summed E-state index contributed by atoms with van der Waals surface area (Å²) >= 11 is 0. The van der Waals surface area contributed by atoms with Crippen LogP contribution in [0.15, 0.2) is 18.5 Å². The molecule has 2 heterocycles. The van der Waals surface area contributed by atoms with E-state index in [0.29, 0.717) is 6.04 Å². The van der Waals surface area contributed by atoms with E-state index in [-0.39, 0.29) is 18.3 Å². The van der Waals surface area contributed by atoms with Crippen LogP contribution in [-0.2, 0) is 20.8 Å². The molecule has 0 amide bonds. The number of aromatic nitrogens is 2. The molecule has 1 aromatic heterocycles. The fraction of sp³-hybridized carbons (Fsp3) is 0.765. The van der Waals surface area contributed by atoms with Gasteiger partial charge in [-0.3, -0.25) is 9.58 Å². The van der Waals surface area contributed by atoms with E-state index in [0.717, 1.165) is 51.7 Å². The molecule has 1 aliphatic heterocycles. The first-order valence-electron chi connectivity index (χ1n) is 8.73. The number of nitrogens with zero attached hydrogens (tertiary/aromatic N) is 3. The van der Waals surface area contributed by atoms with Crippen LogP contribution >= 0.6 is 0 Å². The Hall–Kier alpha value is -1.44. The third kappa shape index (κ3) is 3.79. The van der Waals surface area contributed by atoms with Gasteiger partial charge < -0.3 is 14.6 Å². The number of carboxylic acids is 1. The molecule has 7 heteroatoms.